The third-order valence-corrected chi connectivity index (χ3v) is 3.39. The lowest BCUT2D eigenvalue weighted by Gasteiger charge is -2.40. The van der Waals surface area contributed by atoms with Crippen LogP contribution in [-0.4, -0.2) is 12.1 Å². The molecule has 3 rings (SSSR count). The molecule has 2 saturated carbocycles. The molecule has 60 valence electrons. The standard InChI is InChI=1S/C10H15N/c1-2-7-6-10(9(7)3-1)11-8-4-5-8/h1,3,7-11H,2,4-6H2. The summed E-state index contributed by atoms with van der Waals surface area (Å²) >= 11 is 0. The van der Waals surface area contributed by atoms with Crippen molar-refractivity contribution in [2.45, 2.75) is 37.8 Å². The van der Waals surface area contributed by atoms with E-state index >= 15 is 0 Å². The van der Waals surface area contributed by atoms with Crippen LogP contribution in [-0.2, 0) is 0 Å². The quantitative estimate of drug-likeness (QED) is 0.589. The summed E-state index contributed by atoms with van der Waals surface area (Å²) in [5, 5.41) is 3.71. The Balaban J connectivity index is 1.60. The Hall–Kier alpha value is -0.300. The van der Waals surface area contributed by atoms with E-state index in [4.69, 9.17) is 0 Å². The van der Waals surface area contributed by atoms with Gasteiger partial charge in [-0.15, -0.1) is 0 Å². The molecule has 0 spiro atoms. The van der Waals surface area contributed by atoms with Gasteiger partial charge in [-0.1, -0.05) is 12.2 Å². The monoisotopic (exact) mass is 149 g/mol. The Labute approximate surface area is 67.9 Å². The van der Waals surface area contributed by atoms with Gasteiger partial charge in [-0.05, 0) is 37.5 Å². The summed E-state index contributed by atoms with van der Waals surface area (Å²) in [6, 6.07) is 1.75. The topological polar surface area (TPSA) is 12.0 Å². The second kappa shape index (κ2) is 2.10. The van der Waals surface area contributed by atoms with Crippen molar-refractivity contribution < 1.29 is 0 Å². The van der Waals surface area contributed by atoms with E-state index in [-0.39, 0.29) is 0 Å². The predicted octanol–water partition coefficient (Wildman–Crippen LogP) is 1.70. The Kier molecular flexibility index (Phi) is 1.19. The molecule has 1 N–H and O–H groups in total. The van der Waals surface area contributed by atoms with Gasteiger partial charge in [-0.25, -0.2) is 0 Å². The van der Waals surface area contributed by atoms with Crippen LogP contribution in [0.15, 0.2) is 12.2 Å². The van der Waals surface area contributed by atoms with Crippen LogP contribution < -0.4 is 5.32 Å². The van der Waals surface area contributed by atoms with Crippen molar-refractivity contribution in [3.63, 3.8) is 0 Å². The zero-order valence-corrected chi connectivity index (χ0v) is 6.79. The number of hydrogen-bond donors (Lipinski definition) is 1. The fraction of sp³-hybridized carbons (Fsp3) is 0.800. The summed E-state index contributed by atoms with van der Waals surface area (Å²) in [6.07, 6.45) is 10.4. The summed E-state index contributed by atoms with van der Waals surface area (Å²) in [5.41, 5.74) is 0. The zero-order chi connectivity index (χ0) is 7.26. The van der Waals surface area contributed by atoms with E-state index in [1.807, 2.05) is 0 Å². The summed E-state index contributed by atoms with van der Waals surface area (Å²) in [7, 11) is 0. The smallest absolute Gasteiger partial charge is 0.0138 e. The maximum absolute atomic E-state index is 3.71. The molecule has 3 aliphatic rings. The first-order valence-electron chi connectivity index (χ1n) is 4.86. The SMILES string of the molecule is C1=CC2C(C1)CC2NC1CC1. The highest BCUT2D eigenvalue weighted by Gasteiger charge is 2.42. The van der Waals surface area contributed by atoms with E-state index in [1.54, 1.807) is 0 Å². The summed E-state index contributed by atoms with van der Waals surface area (Å²) < 4.78 is 0. The van der Waals surface area contributed by atoms with Crippen LogP contribution in [0.3, 0.4) is 0 Å². The van der Waals surface area contributed by atoms with Gasteiger partial charge in [0.15, 0.2) is 0 Å². The molecule has 0 bridgehead atoms. The van der Waals surface area contributed by atoms with E-state index in [2.05, 4.69) is 17.5 Å². The second-order valence-electron chi connectivity index (χ2n) is 4.28. The van der Waals surface area contributed by atoms with E-state index in [0.29, 0.717) is 0 Å². The fourth-order valence-corrected chi connectivity index (χ4v) is 2.46. The lowest BCUT2D eigenvalue weighted by atomic mass is 9.71. The molecule has 0 amide bonds. The molecule has 0 radical (unpaired) electrons. The van der Waals surface area contributed by atoms with Crippen LogP contribution >= 0.6 is 0 Å². The molecule has 0 saturated heterocycles. The van der Waals surface area contributed by atoms with Crippen molar-refractivity contribution in [1.29, 1.82) is 0 Å². The van der Waals surface area contributed by atoms with Crippen molar-refractivity contribution in [1.82, 2.24) is 5.32 Å². The van der Waals surface area contributed by atoms with Gasteiger partial charge in [-0.2, -0.15) is 0 Å². The minimum atomic E-state index is 0.853. The minimum Gasteiger partial charge on any atom is -0.311 e. The molecular formula is C10H15N. The zero-order valence-electron chi connectivity index (χ0n) is 6.79. The first-order chi connectivity index (χ1) is 5.43. The fourth-order valence-electron chi connectivity index (χ4n) is 2.46. The number of nitrogens with one attached hydrogen (secondary N) is 1. The predicted molar refractivity (Wildman–Crippen MR) is 45.3 cm³/mol. The Morgan fingerprint density at radius 1 is 1.27 bits per heavy atom. The summed E-state index contributed by atoms with van der Waals surface area (Å²) in [6.45, 7) is 0. The molecule has 0 aromatic heterocycles. The van der Waals surface area contributed by atoms with Gasteiger partial charge in [0.1, 0.15) is 0 Å². The first-order valence-corrected chi connectivity index (χ1v) is 4.86. The highest BCUT2D eigenvalue weighted by atomic mass is 15.0. The molecule has 1 nitrogen and oxygen atoms in total. The van der Waals surface area contributed by atoms with Gasteiger partial charge < -0.3 is 5.32 Å². The van der Waals surface area contributed by atoms with Crippen LogP contribution in [0.4, 0.5) is 0 Å². The van der Waals surface area contributed by atoms with E-state index in [0.717, 1.165) is 23.9 Å². The van der Waals surface area contributed by atoms with E-state index < -0.39 is 0 Å². The molecule has 11 heavy (non-hydrogen) atoms. The van der Waals surface area contributed by atoms with Crippen LogP contribution in [0.1, 0.15) is 25.7 Å². The molecule has 3 unspecified atom stereocenters. The summed E-state index contributed by atoms with van der Waals surface area (Å²) in [4.78, 5) is 0. The lowest BCUT2D eigenvalue weighted by molar-refractivity contribution is 0.162. The van der Waals surface area contributed by atoms with Crippen molar-refractivity contribution in [2.24, 2.45) is 11.8 Å². The van der Waals surface area contributed by atoms with Crippen LogP contribution in [0.25, 0.3) is 0 Å². The van der Waals surface area contributed by atoms with Gasteiger partial charge in [0.2, 0.25) is 0 Å². The number of hydrogen-bond acceptors (Lipinski definition) is 1. The molecule has 3 atom stereocenters. The van der Waals surface area contributed by atoms with Crippen LogP contribution in [0, 0.1) is 11.8 Å². The molecule has 0 heterocycles. The Morgan fingerprint density at radius 2 is 2.18 bits per heavy atom. The van der Waals surface area contributed by atoms with Crippen LogP contribution in [0.2, 0.25) is 0 Å². The normalized spacial score (nSPS) is 47.1. The third kappa shape index (κ3) is 0.943. The maximum atomic E-state index is 3.71. The summed E-state index contributed by atoms with van der Waals surface area (Å²) in [5.74, 6) is 1.93. The first kappa shape index (κ1) is 6.24. The lowest BCUT2D eigenvalue weighted by Crippen LogP contribution is -2.48. The van der Waals surface area contributed by atoms with Crippen molar-refractivity contribution in [3.05, 3.63) is 12.2 Å². The van der Waals surface area contributed by atoms with Crippen LogP contribution in [0.5, 0.6) is 0 Å². The third-order valence-electron chi connectivity index (χ3n) is 3.39. The Bertz CT molecular complexity index is 193. The van der Waals surface area contributed by atoms with E-state index in [1.165, 1.54) is 25.7 Å². The average molecular weight is 149 g/mol. The van der Waals surface area contributed by atoms with Gasteiger partial charge in [-0.3, -0.25) is 0 Å². The van der Waals surface area contributed by atoms with Crippen molar-refractivity contribution >= 4 is 0 Å². The second-order valence-corrected chi connectivity index (χ2v) is 4.28. The average Bonchev–Trinajstić information content (AvgIpc) is 2.71. The molecule has 3 aliphatic carbocycles. The largest absolute Gasteiger partial charge is 0.311 e. The molecular weight excluding hydrogens is 134 g/mol. The number of allylic oxidation sites excluding steroid dienone is 1. The number of fused-ring (bicyclic) bond motifs is 1. The van der Waals surface area contributed by atoms with Crippen molar-refractivity contribution in [2.75, 3.05) is 0 Å². The van der Waals surface area contributed by atoms with Gasteiger partial charge in [0.25, 0.3) is 0 Å². The minimum absolute atomic E-state index is 0.853. The highest BCUT2D eigenvalue weighted by Crippen LogP contribution is 2.43. The molecule has 0 aromatic rings. The Morgan fingerprint density at radius 3 is 2.91 bits per heavy atom. The van der Waals surface area contributed by atoms with Gasteiger partial charge >= 0.3 is 0 Å². The highest BCUT2D eigenvalue weighted by molar-refractivity contribution is 5.13. The molecule has 2 fully saturated rings. The maximum Gasteiger partial charge on any atom is 0.0138 e. The van der Waals surface area contributed by atoms with Gasteiger partial charge in [0, 0.05) is 12.1 Å². The molecule has 0 aliphatic heterocycles. The number of rotatable bonds is 2. The molecule has 1 heteroatoms. The van der Waals surface area contributed by atoms with E-state index in [9.17, 15) is 0 Å². The molecule has 0 aromatic carbocycles. The van der Waals surface area contributed by atoms with Gasteiger partial charge in [0.05, 0.1) is 0 Å². The van der Waals surface area contributed by atoms with Crippen molar-refractivity contribution in [3.8, 4) is 0 Å².